The summed E-state index contributed by atoms with van der Waals surface area (Å²) in [5.74, 6) is -1.77. The van der Waals surface area contributed by atoms with Gasteiger partial charge in [-0.05, 0) is 24.6 Å². The van der Waals surface area contributed by atoms with Crippen molar-refractivity contribution in [2.24, 2.45) is 0 Å². The Morgan fingerprint density at radius 2 is 1.88 bits per heavy atom. The van der Waals surface area contributed by atoms with E-state index in [2.05, 4.69) is 10.5 Å². The zero-order valence-electron chi connectivity index (χ0n) is 13.1. The first-order valence-electron chi connectivity index (χ1n) is 7.27. The maximum Gasteiger partial charge on any atom is 0.416 e. The maximum atomic E-state index is 12.6. The number of benzene rings is 1. The van der Waals surface area contributed by atoms with Gasteiger partial charge in [-0.2, -0.15) is 13.2 Å². The van der Waals surface area contributed by atoms with Gasteiger partial charge < -0.3 is 14.9 Å². The van der Waals surface area contributed by atoms with E-state index in [0.29, 0.717) is 11.3 Å². The minimum atomic E-state index is -4.48. The van der Waals surface area contributed by atoms with Gasteiger partial charge in [0.05, 0.1) is 12.0 Å². The lowest BCUT2D eigenvalue weighted by Crippen LogP contribution is -2.18. The number of nitrogens with one attached hydrogen (secondary N) is 1. The molecule has 9 heteroatoms. The van der Waals surface area contributed by atoms with Gasteiger partial charge in [-0.15, -0.1) is 0 Å². The number of alkyl halides is 3. The van der Waals surface area contributed by atoms with Crippen LogP contribution in [0.3, 0.4) is 0 Å². The van der Waals surface area contributed by atoms with Crippen molar-refractivity contribution in [3.05, 3.63) is 47.2 Å². The van der Waals surface area contributed by atoms with Crippen molar-refractivity contribution in [3.63, 3.8) is 0 Å². The molecule has 2 aromatic rings. The minimum Gasteiger partial charge on any atom is -0.481 e. The van der Waals surface area contributed by atoms with Crippen LogP contribution in [-0.2, 0) is 15.8 Å². The molecule has 0 saturated heterocycles. The smallest absolute Gasteiger partial charge is 0.416 e. The summed E-state index contributed by atoms with van der Waals surface area (Å²) in [6.07, 6.45) is -5.09. The Labute approximate surface area is 140 Å². The average Bonchev–Trinajstić information content (AvgIpc) is 2.90. The fourth-order valence-corrected chi connectivity index (χ4v) is 2.31. The van der Waals surface area contributed by atoms with Gasteiger partial charge in [0.25, 0.3) is 0 Å². The number of carbonyl (C=O) groups is 2. The first-order valence-corrected chi connectivity index (χ1v) is 7.27. The molecule has 6 nitrogen and oxygen atoms in total. The molecule has 134 valence electrons. The van der Waals surface area contributed by atoms with Crippen LogP contribution in [0.15, 0.2) is 34.9 Å². The van der Waals surface area contributed by atoms with Crippen LogP contribution < -0.4 is 5.32 Å². The van der Waals surface area contributed by atoms with Crippen molar-refractivity contribution < 1.29 is 32.4 Å². The zero-order valence-corrected chi connectivity index (χ0v) is 13.1. The molecule has 0 spiro atoms. The van der Waals surface area contributed by atoms with Gasteiger partial charge >= 0.3 is 12.1 Å². The third-order valence-electron chi connectivity index (χ3n) is 3.46. The van der Waals surface area contributed by atoms with E-state index >= 15 is 0 Å². The second-order valence-corrected chi connectivity index (χ2v) is 5.49. The Bertz CT molecular complexity index is 753. The molecule has 1 aromatic carbocycles. The van der Waals surface area contributed by atoms with Gasteiger partial charge in [0.15, 0.2) is 5.82 Å². The summed E-state index contributed by atoms with van der Waals surface area (Å²) < 4.78 is 42.6. The predicted octanol–water partition coefficient (Wildman–Crippen LogP) is 3.59. The van der Waals surface area contributed by atoms with E-state index in [0.717, 1.165) is 12.1 Å². The number of nitrogens with zero attached hydrogens (tertiary/aromatic N) is 1. The summed E-state index contributed by atoms with van der Waals surface area (Å²) >= 11 is 0. The molecule has 1 unspecified atom stereocenters. The fraction of sp³-hybridized carbons (Fsp3) is 0.312. The molecule has 0 bridgehead atoms. The molecular formula is C16H15F3N2O4. The highest BCUT2D eigenvalue weighted by molar-refractivity contribution is 5.90. The Morgan fingerprint density at radius 3 is 2.36 bits per heavy atom. The highest BCUT2D eigenvalue weighted by Crippen LogP contribution is 2.31. The van der Waals surface area contributed by atoms with Crippen LogP contribution in [0.4, 0.5) is 19.0 Å². The van der Waals surface area contributed by atoms with E-state index in [1.807, 2.05) is 0 Å². The number of anilines is 1. The number of carbonyl (C=O) groups excluding carboxylic acids is 1. The molecule has 2 rings (SSSR count). The summed E-state index contributed by atoms with van der Waals surface area (Å²) in [6, 6.07) is 5.59. The second-order valence-electron chi connectivity index (χ2n) is 5.49. The summed E-state index contributed by atoms with van der Waals surface area (Å²) in [7, 11) is 0. The minimum absolute atomic E-state index is 0.184. The van der Waals surface area contributed by atoms with Crippen molar-refractivity contribution in [2.75, 3.05) is 5.32 Å². The number of aryl methyl sites for hydroxylation is 1. The molecule has 1 amide bonds. The third kappa shape index (κ3) is 5.33. The number of aromatic nitrogens is 1. The molecule has 2 N–H and O–H groups in total. The van der Waals surface area contributed by atoms with Crippen molar-refractivity contribution in [1.29, 1.82) is 0 Å². The largest absolute Gasteiger partial charge is 0.481 e. The molecular weight excluding hydrogens is 341 g/mol. The van der Waals surface area contributed by atoms with Gasteiger partial charge in [-0.3, -0.25) is 9.59 Å². The van der Waals surface area contributed by atoms with Gasteiger partial charge in [0, 0.05) is 18.4 Å². The van der Waals surface area contributed by atoms with Crippen molar-refractivity contribution in [3.8, 4) is 0 Å². The van der Waals surface area contributed by atoms with Crippen molar-refractivity contribution in [1.82, 2.24) is 5.16 Å². The van der Waals surface area contributed by atoms with Crippen molar-refractivity contribution in [2.45, 2.75) is 31.9 Å². The molecule has 0 radical (unpaired) electrons. The number of carboxylic acid groups (broad SMARTS) is 1. The molecule has 0 saturated carbocycles. The first kappa shape index (κ1) is 18.5. The Balaban J connectivity index is 2.12. The monoisotopic (exact) mass is 356 g/mol. The van der Waals surface area contributed by atoms with Crippen LogP contribution in [0.1, 0.15) is 35.6 Å². The van der Waals surface area contributed by atoms with Crippen LogP contribution in [0.5, 0.6) is 0 Å². The lowest BCUT2D eigenvalue weighted by Gasteiger charge is -2.16. The number of rotatable bonds is 6. The van der Waals surface area contributed by atoms with Gasteiger partial charge in [0.1, 0.15) is 5.76 Å². The highest BCUT2D eigenvalue weighted by atomic mass is 19.4. The number of carboxylic acids is 1. The molecule has 1 atom stereocenters. The summed E-state index contributed by atoms with van der Waals surface area (Å²) in [4.78, 5) is 23.1. The Kier molecular flexibility index (Phi) is 5.45. The van der Waals surface area contributed by atoms with E-state index in [9.17, 15) is 22.8 Å². The molecule has 0 fully saturated rings. The highest BCUT2D eigenvalue weighted by Gasteiger charge is 2.30. The quantitative estimate of drug-likeness (QED) is 0.825. The molecule has 1 heterocycles. The summed E-state index contributed by atoms with van der Waals surface area (Å²) in [5.41, 5.74) is -0.505. The van der Waals surface area contributed by atoms with Crippen LogP contribution in [-0.4, -0.2) is 22.1 Å². The number of amides is 1. The Morgan fingerprint density at radius 1 is 1.24 bits per heavy atom. The van der Waals surface area contributed by atoms with E-state index in [1.165, 1.54) is 18.2 Å². The maximum absolute atomic E-state index is 12.6. The number of halogens is 3. The number of aliphatic carboxylic acids is 1. The molecule has 25 heavy (non-hydrogen) atoms. The van der Waals surface area contributed by atoms with E-state index in [1.54, 1.807) is 6.92 Å². The number of hydrogen-bond acceptors (Lipinski definition) is 4. The zero-order chi connectivity index (χ0) is 18.6. The van der Waals surface area contributed by atoms with Crippen LogP contribution in [0, 0.1) is 6.92 Å². The van der Waals surface area contributed by atoms with Gasteiger partial charge in [-0.25, -0.2) is 0 Å². The predicted molar refractivity (Wildman–Crippen MR) is 80.9 cm³/mol. The fourth-order valence-electron chi connectivity index (χ4n) is 2.31. The Hall–Kier alpha value is -2.84. The van der Waals surface area contributed by atoms with E-state index in [4.69, 9.17) is 9.63 Å². The van der Waals surface area contributed by atoms with Gasteiger partial charge in [0.2, 0.25) is 5.91 Å². The van der Waals surface area contributed by atoms with Crippen LogP contribution in [0.25, 0.3) is 0 Å². The molecule has 0 aliphatic carbocycles. The lowest BCUT2D eigenvalue weighted by atomic mass is 9.91. The molecule has 0 aliphatic heterocycles. The first-order chi connectivity index (χ1) is 11.6. The lowest BCUT2D eigenvalue weighted by molar-refractivity contribution is -0.138. The van der Waals surface area contributed by atoms with Crippen LogP contribution >= 0.6 is 0 Å². The standard InChI is InChI=1S/C16H15F3N2O4/c1-9-6-13(21-25-9)20-14(22)7-11(8-15(23)24)10-2-4-12(5-3-10)16(17,18)19/h2-6,11H,7-8H2,1H3,(H,23,24)(H,20,21,22). The van der Waals surface area contributed by atoms with Crippen LogP contribution in [0.2, 0.25) is 0 Å². The van der Waals surface area contributed by atoms with E-state index in [-0.39, 0.29) is 12.2 Å². The summed E-state index contributed by atoms with van der Waals surface area (Å²) in [6.45, 7) is 1.64. The third-order valence-corrected chi connectivity index (χ3v) is 3.46. The van der Waals surface area contributed by atoms with Crippen molar-refractivity contribution >= 4 is 17.7 Å². The van der Waals surface area contributed by atoms with Gasteiger partial charge in [-0.1, -0.05) is 17.3 Å². The molecule has 1 aromatic heterocycles. The number of hydrogen-bond donors (Lipinski definition) is 2. The topological polar surface area (TPSA) is 92.4 Å². The summed E-state index contributed by atoms with van der Waals surface area (Å²) in [5, 5.41) is 15.0. The normalized spacial score (nSPS) is 12.6. The second kappa shape index (κ2) is 7.37. The van der Waals surface area contributed by atoms with E-state index < -0.39 is 36.0 Å². The molecule has 0 aliphatic rings. The SMILES string of the molecule is Cc1cc(NC(=O)CC(CC(=O)O)c2ccc(C(F)(F)F)cc2)no1. The average molecular weight is 356 g/mol.